The van der Waals surface area contributed by atoms with E-state index >= 15 is 0 Å². The number of hydrogen-bond donors (Lipinski definition) is 1. The van der Waals surface area contributed by atoms with E-state index in [4.69, 9.17) is 4.74 Å². The lowest BCUT2D eigenvalue weighted by molar-refractivity contribution is 0.104. The van der Waals surface area contributed by atoms with Gasteiger partial charge in [0.1, 0.15) is 5.82 Å². The van der Waals surface area contributed by atoms with Crippen molar-refractivity contribution in [3.05, 3.63) is 65.5 Å². The molecule has 0 saturated heterocycles. The Morgan fingerprint density at radius 1 is 1.29 bits per heavy atom. The Kier molecular flexibility index (Phi) is 4.72. The van der Waals surface area contributed by atoms with Gasteiger partial charge in [0.25, 0.3) is 0 Å². The lowest BCUT2D eigenvalue weighted by atomic mass is 10.1. The van der Waals surface area contributed by atoms with Gasteiger partial charge < -0.3 is 9.84 Å². The first-order valence-corrected chi connectivity index (χ1v) is 6.54. The van der Waals surface area contributed by atoms with Crippen LogP contribution in [0.25, 0.3) is 6.08 Å². The average molecular weight is 286 g/mol. The summed E-state index contributed by atoms with van der Waals surface area (Å²) in [6, 6.07) is 10.3. The minimum atomic E-state index is -0.447. The highest BCUT2D eigenvalue weighted by molar-refractivity contribution is 6.06. The molecule has 0 bridgehead atoms. The third-order valence-electron chi connectivity index (χ3n) is 2.82. The molecule has 0 saturated carbocycles. The molecule has 4 heteroatoms. The van der Waals surface area contributed by atoms with Gasteiger partial charge >= 0.3 is 0 Å². The first-order valence-electron chi connectivity index (χ1n) is 6.54. The first-order chi connectivity index (χ1) is 10.1. The van der Waals surface area contributed by atoms with Gasteiger partial charge in [-0.3, -0.25) is 4.79 Å². The summed E-state index contributed by atoms with van der Waals surface area (Å²) >= 11 is 0. The van der Waals surface area contributed by atoms with Gasteiger partial charge in [-0.25, -0.2) is 4.39 Å². The monoisotopic (exact) mass is 286 g/mol. The van der Waals surface area contributed by atoms with Crippen molar-refractivity contribution in [2.24, 2.45) is 0 Å². The molecule has 108 valence electrons. The van der Waals surface area contributed by atoms with E-state index in [1.54, 1.807) is 24.3 Å². The van der Waals surface area contributed by atoms with E-state index in [9.17, 15) is 14.3 Å². The number of rotatable bonds is 5. The van der Waals surface area contributed by atoms with Crippen LogP contribution < -0.4 is 4.74 Å². The van der Waals surface area contributed by atoms with Crippen LogP contribution in [0.1, 0.15) is 22.8 Å². The van der Waals surface area contributed by atoms with E-state index in [2.05, 4.69) is 0 Å². The maximum absolute atomic E-state index is 13.1. The molecule has 2 aromatic rings. The second-order valence-electron chi connectivity index (χ2n) is 4.37. The Balaban J connectivity index is 2.17. The third kappa shape index (κ3) is 3.92. The predicted octanol–water partition coefficient (Wildman–Crippen LogP) is 3.83. The molecule has 0 aliphatic carbocycles. The number of ketones is 1. The van der Waals surface area contributed by atoms with Crippen LogP contribution in [0, 0.1) is 5.82 Å². The van der Waals surface area contributed by atoms with Crippen molar-refractivity contribution >= 4 is 11.9 Å². The molecule has 0 radical (unpaired) electrons. The van der Waals surface area contributed by atoms with E-state index < -0.39 is 5.82 Å². The Hall–Kier alpha value is -2.62. The molecule has 0 aliphatic rings. The van der Waals surface area contributed by atoms with Gasteiger partial charge in [0.05, 0.1) is 6.61 Å². The zero-order valence-electron chi connectivity index (χ0n) is 11.5. The number of aromatic hydroxyl groups is 1. The fourth-order valence-corrected chi connectivity index (χ4v) is 1.82. The number of hydrogen-bond acceptors (Lipinski definition) is 3. The quantitative estimate of drug-likeness (QED) is 0.671. The topological polar surface area (TPSA) is 46.5 Å². The number of phenols is 1. The summed E-state index contributed by atoms with van der Waals surface area (Å²) in [6.07, 6.45) is 2.95. The smallest absolute Gasteiger partial charge is 0.185 e. The molecular weight excluding hydrogens is 271 g/mol. The van der Waals surface area contributed by atoms with Crippen molar-refractivity contribution in [3.8, 4) is 11.5 Å². The van der Waals surface area contributed by atoms with E-state index in [0.29, 0.717) is 17.9 Å². The summed E-state index contributed by atoms with van der Waals surface area (Å²) in [7, 11) is 0. The molecular formula is C17H15FO3. The van der Waals surface area contributed by atoms with Crippen LogP contribution in [0.5, 0.6) is 11.5 Å². The van der Waals surface area contributed by atoms with Gasteiger partial charge in [0.15, 0.2) is 17.3 Å². The van der Waals surface area contributed by atoms with Crippen molar-refractivity contribution in [2.45, 2.75) is 6.92 Å². The lowest BCUT2D eigenvalue weighted by Gasteiger charge is -2.06. The molecule has 2 rings (SSSR count). The zero-order chi connectivity index (χ0) is 15.2. The molecule has 3 nitrogen and oxygen atoms in total. The standard InChI is InChI=1S/C17H15FO3/c1-2-21-17-10-12(7-9-16(17)20)6-8-15(19)13-4-3-5-14(18)11-13/h3-11,20H,2H2,1H3. The highest BCUT2D eigenvalue weighted by atomic mass is 19.1. The van der Waals surface area contributed by atoms with Crippen molar-refractivity contribution in [1.29, 1.82) is 0 Å². The van der Waals surface area contributed by atoms with Crippen LogP contribution in [-0.4, -0.2) is 17.5 Å². The SMILES string of the molecule is CCOc1cc(C=CC(=O)c2cccc(F)c2)ccc1O. The fourth-order valence-electron chi connectivity index (χ4n) is 1.82. The maximum atomic E-state index is 13.1. The van der Waals surface area contributed by atoms with E-state index in [-0.39, 0.29) is 17.1 Å². The molecule has 2 aromatic carbocycles. The van der Waals surface area contributed by atoms with Crippen LogP contribution in [0.3, 0.4) is 0 Å². The molecule has 0 aromatic heterocycles. The number of ether oxygens (including phenoxy) is 1. The van der Waals surface area contributed by atoms with E-state index in [0.717, 1.165) is 0 Å². The lowest BCUT2D eigenvalue weighted by Crippen LogP contribution is -1.95. The van der Waals surface area contributed by atoms with Gasteiger partial charge in [-0.1, -0.05) is 24.3 Å². The van der Waals surface area contributed by atoms with Crippen molar-refractivity contribution in [2.75, 3.05) is 6.61 Å². The van der Waals surface area contributed by atoms with E-state index in [1.165, 1.54) is 30.3 Å². The first kappa shape index (κ1) is 14.8. The third-order valence-corrected chi connectivity index (χ3v) is 2.82. The summed E-state index contributed by atoms with van der Waals surface area (Å²) in [5.41, 5.74) is 0.996. The molecule has 0 aliphatic heterocycles. The van der Waals surface area contributed by atoms with Gasteiger partial charge in [-0.2, -0.15) is 0 Å². The second-order valence-corrected chi connectivity index (χ2v) is 4.37. The normalized spacial score (nSPS) is 10.8. The van der Waals surface area contributed by atoms with Gasteiger partial charge in [0.2, 0.25) is 0 Å². The Bertz CT molecular complexity index is 677. The number of benzene rings is 2. The number of phenolic OH excluding ortho intramolecular Hbond substituents is 1. The molecule has 0 heterocycles. The van der Waals surface area contributed by atoms with Crippen molar-refractivity contribution < 1.29 is 19.0 Å². The van der Waals surface area contributed by atoms with Crippen molar-refractivity contribution in [3.63, 3.8) is 0 Å². The molecule has 1 N–H and O–H groups in total. The molecule has 0 amide bonds. The number of allylic oxidation sites excluding steroid dienone is 1. The minimum Gasteiger partial charge on any atom is -0.504 e. The minimum absolute atomic E-state index is 0.0467. The molecule has 21 heavy (non-hydrogen) atoms. The Labute approximate surface area is 122 Å². The van der Waals surface area contributed by atoms with Gasteiger partial charge in [-0.15, -0.1) is 0 Å². The van der Waals surface area contributed by atoms with Crippen LogP contribution in [0.2, 0.25) is 0 Å². The largest absolute Gasteiger partial charge is 0.504 e. The molecule has 0 atom stereocenters. The fraction of sp³-hybridized carbons (Fsp3) is 0.118. The van der Waals surface area contributed by atoms with Gasteiger partial charge in [0, 0.05) is 5.56 Å². The van der Waals surface area contributed by atoms with Crippen LogP contribution >= 0.6 is 0 Å². The summed E-state index contributed by atoms with van der Waals surface area (Å²) in [5, 5.41) is 9.59. The maximum Gasteiger partial charge on any atom is 0.185 e. The summed E-state index contributed by atoms with van der Waals surface area (Å²) < 4.78 is 18.3. The highest BCUT2D eigenvalue weighted by Crippen LogP contribution is 2.27. The Morgan fingerprint density at radius 3 is 2.81 bits per heavy atom. The number of carbonyl (C=O) groups is 1. The van der Waals surface area contributed by atoms with Crippen LogP contribution in [0.15, 0.2) is 48.5 Å². The van der Waals surface area contributed by atoms with Gasteiger partial charge in [-0.05, 0) is 42.8 Å². The zero-order valence-corrected chi connectivity index (χ0v) is 11.5. The summed E-state index contributed by atoms with van der Waals surface area (Å²) in [4.78, 5) is 11.9. The summed E-state index contributed by atoms with van der Waals surface area (Å²) in [5.74, 6) is -0.332. The van der Waals surface area contributed by atoms with E-state index in [1.807, 2.05) is 6.92 Å². The highest BCUT2D eigenvalue weighted by Gasteiger charge is 2.04. The number of carbonyl (C=O) groups excluding carboxylic acids is 1. The van der Waals surface area contributed by atoms with Crippen LogP contribution in [-0.2, 0) is 0 Å². The predicted molar refractivity (Wildman–Crippen MR) is 79.0 cm³/mol. The number of halogens is 1. The summed E-state index contributed by atoms with van der Waals surface area (Å²) in [6.45, 7) is 2.25. The average Bonchev–Trinajstić information content (AvgIpc) is 2.48. The molecule has 0 spiro atoms. The van der Waals surface area contributed by atoms with Crippen LogP contribution in [0.4, 0.5) is 4.39 Å². The van der Waals surface area contributed by atoms with Crippen molar-refractivity contribution in [1.82, 2.24) is 0 Å². The molecule has 0 fully saturated rings. The Morgan fingerprint density at radius 2 is 2.10 bits per heavy atom. The molecule has 0 unspecified atom stereocenters. The second kappa shape index (κ2) is 6.70.